The van der Waals surface area contributed by atoms with Crippen LogP contribution in [-0.2, 0) is 11.2 Å². The van der Waals surface area contributed by atoms with Crippen molar-refractivity contribution in [1.29, 1.82) is 0 Å². The third-order valence-corrected chi connectivity index (χ3v) is 5.35. The molecular weight excluding hydrogens is 328 g/mol. The molecule has 0 bridgehead atoms. The molecule has 0 fully saturated rings. The number of hydrogen-bond acceptors (Lipinski definition) is 6. The summed E-state index contributed by atoms with van der Waals surface area (Å²) in [6.45, 7) is 5.87. The molecule has 0 aliphatic rings. The number of hydrogen-bond donors (Lipinski definition) is 0. The van der Waals surface area contributed by atoms with E-state index in [0.717, 1.165) is 34.2 Å². The third-order valence-electron chi connectivity index (χ3n) is 3.35. The van der Waals surface area contributed by atoms with E-state index in [1.165, 1.54) is 0 Å². The number of carbonyl (C=O) groups excluding carboxylic acids is 2. The fourth-order valence-electron chi connectivity index (χ4n) is 2.28. The number of thiazole rings is 2. The first kappa shape index (κ1) is 17.9. The summed E-state index contributed by atoms with van der Waals surface area (Å²) in [6, 6.07) is 0. The molecular formula is C17H22N2O2S2. The number of nitrogens with zero attached hydrogens (tertiary/aromatic N) is 2. The maximum atomic E-state index is 12.5. The molecule has 0 N–H and O–H groups in total. The van der Waals surface area contributed by atoms with Crippen molar-refractivity contribution in [1.82, 2.24) is 9.97 Å². The van der Waals surface area contributed by atoms with Crippen LogP contribution in [0.5, 0.6) is 0 Å². The molecule has 2 aromatic heterocycles. The smallest absolute Gasteiger partial charge is 0.182 e. The molecule has 6 heteroatoms. The zero-order chi connectivity index (χ0) is 16.8. The molecule has 0 atom stereocenters. The topological polar surface area (TPSA) is 59.9 Å². The van der Waals surface area contributed by atoms with Gasteiger partial charge in [0.1, 0.15) is 11.5 Å². The van der Waals surface area contributed by atoms with Gasteiger partial charge in [-0.15, -0.1) is 22.7 Å². The van der Waals surface area contributed by atoms with Crippen molar-refractivity contribution in [2.75, 3.05) is 0 Å². The first-order valence-electron chi connectivity index (χ1n) is 7.89. The molecule has 2 aromatic rings. The van der Waals surface area contributed by atoms with Gasteiger partial charge in [0.15, 0.2) is 15.8 Å². The zero-order valence-electron chi connectivity index (χ0n) is 13.8. The minimum atomic E-state index is 0.0864. The van der Waals surface area contributed by atoms with Gasteiger partial charge in [0.05, 0.1) is 0 Å². The largest absolute Gasteiger partial charge is 0.300 e. The highest BCUT2D eigenvalue weighted by atomic mass is 32.1. The van der Waals surface area contributed by atoms with Gasteiger partial charge < -0.3 is 4.79 Å². The SMILES string of the molecule is CC(=O)CCCCC(=O)c1nc(-c2nccs2)sc1CC(C)C. The van der Waals surface area contributed by atoms with E-state index in [1.807, 2.05) is 5.38 Å². The van der Waals surface area contributed by atoms with Crippen LogP contribution in [0.3, 0.4) is 0 Å². The maximum absolute atomic E-state index is 12.5. The molecule has 0 saturated heterocycles. The molecule has 2 heterocycles. The highest BCUT2D eigenvalue weighted by Gasteiger charge is 2.20. The van der Waals surface area contributed by atoms with E-state index in [2.05, 4.69) is 23.8 Å². The maximum Gasteiger partial charge on any atom is 0.182 e. The predicted octanol–water partition coefficient (Wildman–Crippen LogP) is 4.80. The molecule has 0 aliphatic carbocycles. The van der Waals surface area contributed by atoms with Gasteiger partial charge in [-0.2, -0.15) is 0 Å². The number of ketones is 2. The Hall–Kier alpha value is -1.40. The Morgan fingerprint density at radius 2 is 1.91 bits per heavy atom. The molecule has 124 valence electrons. The van der Waals surface area contributed by atoms with Crippen molar-refractivity contribution in [3.8, 4) is 10.0 Å². The van der Waals surface area contributed by atoms with E-state index >= 15 is 0 Å². The minimum Gasteiger partial charge on any atom is -0.300 e. The summed E-state index contributed by atoms with van der Waals surface area (Å²) in [5.74, 6) is 0.741. The highest BCUT2D eigenvalue weighted by Crippen LogP contribution is 2.31. The first-order valence-corrected chi connectivity index (χ1v) is 9.59. The van der Waals surface area contributed by atoms with Gasteiger partial charge in [-0.1, -0.05) is 13.8 Å². The van der Waals surface area contributed by atoms with E-state index in [9.17, 15) is 9.59 Å². The average Bonchev–Trinajstić information content (AvgIpc) is 3.11. The standard InChI is InChI=1S/C17H22N2O2S2/c1-11(2)10-14-15(13(21)7-5-4-6-12(3)20)19-17(23-14)16-18-8-9-22-16/h8-9,11H,4-7,10H2,1-3H3. The second-order valence-corrected chi connectivity index (χ2v) is 8.04. The zero-order valence-corrected chi connectivity index (χ0v) is 15.4. The van der Waals surface area contributed by atoms with Gasteiger partial charge in [0.2, 0.25) is 0 Å². The summed E-state index contributed by atoms with van der Waals surface area (Å²) in [7, 11) is 0. The quantitative estimate of drug-likeness (QED) is 0.481. The summed E-state index contributed by atoms with van der Waals surface area (Å²) in [4.78, 5) is 33.4. The number of rotatable bonds is 9. The molecule has 0 spiro atoms. The van der Waals surface area contributed by atoms with Gasteiger partial charge in [-0.3, -0.25) is 4.79 Å². The van der Waals surface area contributed by atoms with Gasteiger partial charge in [-0.25, -0.2) is 9.97 Å². The van der Waals surface area contributed by atoms with Crippen LogP contribution in [0.1, 0.15) is 61.8 Å². The van der Waals surface area contributed by atoms with Crippen LogP contribution in [0.15, 0.2) is 11.6 Å². The first-order chi connectivity index (χ1) is 11.0. The Labute approximate surface area is 145 Å². The lowest BCUT2D eigenvalue weighted by molar-refractivity contribution is -0.117. The van der Waals surface area contributed by atoms with Crippen molar-refractivity contribution in [2.45, 2.75) is 52.9 Å². The molecule has 0 amide bonds. The number of Topliss-reactive ketones (excluding diaryl/α,β-unsaturated/α-hetero) is 2. The fourth-order valence-corrected chi connectivity index (χ4v) is 4.25. The summed E-state index contributed by atoms with van der Waals surface area (Å²) in [6.07, 6.45) is 5.13. The Bertz CT molecular complexity index is 660. The lowest BCUT2D eigenvalue weighted by atomic mass is 10.0. The van der Waals surface area contributed by atoms with Crippen LogP contribution in [0.25, 0.3) is 10.0 Å². The summed E-state index contributed by atoms with van der Waals surface area (Å²) in [5, 5.41) is 3.63. The van der Waals surface area contributed by atoms with Gasteiger partial charge in [-0.05, 0) is 32.1 Å². The monoisotopic (exact) mass is 350 g/mol. The summed E-state index contributed by atoms with van der Waals surface area (Å²) in [5.41, 5.74) is 0.608. The number of aromatic nitrogens is 2. The fraction of sp³-hybridized carbons (Fsp3) is 0.529. The molecule has 0 radical (unpaired) electrons. The Kier molecular flexibility index (Phi) is 6.59. The average molecular weight is 351 g/mol. The Balaban J connectivity index is 2.11. The number of carbonyl (C=O) groups is 2. The van der Waals surface area contributed by atoms with E-state index in [4.69, 9.17) is 0 Å². The molecule has 23 heavy (non-hydrogen) atoms. The van der Waals surface area contributed by atoms with Crippen LogP contribution in [0.4, 0.5) is 0 Å². The summed E-state index contributed by atoms with van der Waals surface area (Å²) < 4.78 is 0. The second-order valence-electron chi connectivity index (χ2n) is 6.06. The minimum absolute atomic E-state index is 0.0864. The normalized spacial score (nSPS) is 11.1. The molecule has 2 rings (SSSR count). The van der Waals surface area contributed by atoms with Crippen LogP contribution in [0.2, 0.25) is 0 Å². The summed E-state index contributed by atoms with van der Waals surface area (Å²) >= 11 is 3.12. The van der Waals surface area contributed by atoms with E-state index in [0.29, 0.717) is 24.5 Å². The predicted molar refractivity (Wildman–Crippen MR) is 95.2 cm³/mol. The Morgan fingerprint density at radius 1 is 1.17 bits per heavy atom. The van der Waals surface area contributed by atoms with Crippen molar-refractivity contribution < 1.29 is 9.59 Å². The Morgan fingerprint density at radius 3 is 2.52 bits per heavy atom. The van der Waals surface area contributed by atoms with Crippen LogP contribution in [0, 0.1) is 5.92 Å². The van der Waals surface area contributed by atoms with E-state index in [-0.39, 0.29) is 11.6 Å². The molecule has 4 nitrogen and oxygen atoms in total. The van der Waals surface area contributed by atoms with Crippen molar-refractivity contribution >= 4 is 34.2 Å². The lowest BCUT2D eigenvalue weighted by Gasteiger charge is -2.04. The van der Waals surface area contributed by atoms with Crippen molar-refractivity contribution in [2.24, 2.45) is 5.92 Å². The van der Waals surface area contributed by atoms with Crippen molar-refractivity contribution in [3.05, 3.63) is 22.1 Å². The van der Waals surface area contributed by atoms with Crippen LogP contribution < -0.4 is 0 Å². The van der Waals surface area contributed by atoms with Gasteiger partial charge in [0.25, 0.3) is 0 Å². The second kappa shape index (κ2) is 8.45. The molecule has 0 aromatic carbocycles. The van der Waals surface area contributed by atoms with Crippen LogP contribution in [-0.4, -0.2) is 21.5 Å². The van der Waals surface area contributed by atoms with E-state index < -0.39 is 0 Å². The van der Waals surface area contributed by atoms with Crippen molar-refractivity contribution in [3.63, 3.8) is 0 Å². The van der Waals surface area contributed by atoms with Crippen LogP contribution >= 0.6 is 22.7 Å². The molecule has 0 saturated carbocycles. The van der Waals surface area contributed by atoms with E-state index in [1.54, 1.807) is 35.8 Å². The lowest BCUT2D eigenvalue weighted by Crippen LogP contribution is -2.05. The molecule has 0 aliphatic heterocycles. The molecule has 0 unspecified atom stereocenters. The number of unbranched alkanes of at least 4 members (excludes halogenated alkanes) is 1. The highest BCUT2D eigenvalue weighted by molar-refractivity contribution is 7.20. The van der Waals surface area contributed by atoms with Gasteiger partial charge in [0, 0.05) is 29.3 Å². The third kappa shape index (κ3) is 5.32. The van der Waals surface area contributed by atoms with Gasteiger partial charge >= 0.3 is 0 Å².